The minimum Gasteiger partial charge on any atom is -0.424 e. The van der Waals surface area contributed by atoms with Gasteiger partial charge in [0.1, 0.15) is 17.4 Å². The minimum atomic E-state index is -0.474. The number of amides is 2. The van der Waals surface area contributed by atoms with Crippen molar-refractivity contribution >= 4 is 17.8 Å². The van der Waals surface area contributed by atoms with Crippen LogP contribution in [0.5, 0.6) is 11.8 Å². The third-order valence-electron chi connectivity index (χ3n) is 4.87. The van der Waals surface area contributed by atoms with Crippen LogP contribution in [0.15, 0.2) is 66.5 Å². The van der Waals surface area contributed by atoms with Gasteiger partial charge in [-0.2, -0.15) is 0 Å². The summed E-state index contributed by atoms with van der Waals surface area (Å²) in [4.78, 5) is 22.2. The Morgan fingerprint density at radius 1 is 1.03 bits per heavy atom. The Morgan fingerprint density at radius 3 is 2.45 bits per heavy atom. The maximum atomic E-state index is 13.8. The largest absolute Gasteiger partial charge is 0.424 e. The molecule has 0 aliphatic carbocycles. The quantitative estimate of drug-likeness (QED) is 0.623. The van der Waals surface area contributed by atoms with E-state index in [1.165, 1.54) is 6.07 Å². The number of anilines is 1. The molecule has 0 atom stereocenters. The summed E-state index contributed by atoms with van der Waals surface area (Å²) in [5.74, 6) is -0.375. The van der Waals surface area contributed by atoms with Crippen LogP contribution < -0.4 is 10.1 Å². The second-order valence-electron chi connectivity index (χ2n) is 7.04. The summed E-state index contributed by atoms with van der Waals surface area (Å²) in [5, 5.41) is 2.85. The average Bonchev–Trinajstić information content (AvgIpc) is 2.79. The number of ether oxygens (including phenoxy) is 1. The van der Waals surface area contributed by atoms with Gasteiger partial charge in [-0.05, 0) is 61.4 Å². The topological polar surface area (TPSA) is 67.3 Å². The predicted molar refractivity (Wildman–Crippen MR) is 113 cm³/mol. The van der Waals surface area contributed by atoms with E-state index in [0.29, 0.717) is 37.4 Å². The van der Waals surface area contributed by atoms with Gasteiger partial charge in [0.15, 0.2) is 0 Å². The maximum Gasteiger partial charge on any atom is 0.321 e. The molecule has 158 valence electrons. The van der Waals surface area contributed by atoms with Crippen LogP contribution in [0.25, 0.3) is 6.08 Å². The predicted octanol–water partition coefficient (Wildman–Crippen LogP) is 5.26. The molecule has 4 rings (SSSR count). The van der Waals surface area contributed by atoms with E-state index in [0.717, 1.165) is 17.7 Å². The summed E-state index contributed by atoms with van der Waals surface area (Å²) in [6.07, 6.45) is 6.05. The van der Waals surface area contributed by atoms with Gasteiger partial charge in [0.2, 0.25) is 0 Å². The number of likely N-dealkylation sites (tertiary alicyclic amines) is 1. The molecule has 0 saturated carbocycles. The van der Waals surface area contributed by atoms with Crippen molar-refractivity contribution in [3.63, 3.8) is 0 Å². The van der Waals surface area contributed by atoms with Gasteiger partial charge in [-0.25, -0.2) is 23.5 Å². The number of urea groups is 1. The molecule has 3 aromatic rings. The number of hydrogen-bond donors (Lipinski definition) is 1. The molecule has 0 radical (unpaired) electrons. The van der Waals surface area contributed by atoms with E-state index in [9.17, 15) is 13.6 Å². The molecule has 2 aromatic carbocycles. The Hall–Kier alpha value is -3.81. The van der Waals surface area contributed by atoms with Crippen molar-refractivity contribution < 1.29 is 18.3 Å². The lowest BCUT2D eigenvalue weighted by Crippen LogP contribution is -2.39. The second kappa shape index (κ2) is 9.34. The number of benzene rings is 2. The van der Waals surface area contributed by atoms with Crippen LogP contribution in [0.2, 0.25) is 0 Å². The van der Waals surface area contributed by atoms with Gasteiger partial charge < -0.3 is 15.0 Å². The first kappa shape index (κ1) is 20.5. The third kappa shape index (κ3) is 5.42. The monoisotopic (exact) mass is 422 g/mol. The summed E-state index contributed by atoms with van der Waals surface area (Å²) in [6.45, 7) is 1.00. The van der Waals surface area contributed by atoms with Crippen molar-refractivity contribution in [1.29, 1.82) is 0 Å². The average molecular weight is 422 g/mol. The lowest BCUT2D eigenvalue weighted by atomic mass is 10.0. The standard InChI is InChI=1S/C23H20F2N4O2/c24-18-2-7-21(25)17(15-18)14-16-8-12-29(13-9-16)23(30)28-19-3-5-20(6-4-19)31-22-26-10-1-11-27-22/h1-7,10-11,14-15H,8-9,12-13H2,(H,28,30). The van der Waals surface area contributed by atoms with Crippen LogP contribution in [0, 0.1) is 11.6 Å². The summed E-state index contributed by atoms with van der Waals surface area (Å²) < 4.78 is 32.7. The first-order valence-corrected chi connectivity index (χ1v) is 9.82. The van der Waals surface area contributed by atoms with Gasteiger partial charge in [-0.15, -0.1) is 0 Å². The normalized spacial score (nSPS) is 13.6. The molecule has 0 spiro atoms. The van der Waals surface area contributed by atoms with E-state index in [2.05, 4.69) is 15.3 Å². The molecule has 1 saturated heterocycles. The SMILES string of the molecule is O=C(Nc1ccc(Oc2ncccn2)cc1)N1CCC(=Cc2cc(F)ccc2F)CC1. The van der Waals surface area contributed by atoms with Gasteiger partial charge in [-0.3, -0.25) is 0 Å². The molecular weight excluding hydrogens is 402 g/mol. The van der Waals surface area contributed by atoms with Gasteiger partial charge in [0, 0.05) is 36.7 Å². The zero-order valence-electron chi connectivity index (χ0n) is 16.6. The highest BCUT2D eigenvalue weighted by atomic mass is 19.1. The van der Waals surface area contributed by atoms with E-state index in [4.69, 9.17) is 4.74 Å². The Labute approximate surface area is 178 Å². The van der Waals surface area contributed by atoms with Crippen molar-refractivity contribution in [2.75, 3.05) is 18.4 Å². The highest BCUT2D eigenvalue weighted by Gasteiger charge is 2.19. The smallest absolute Gasteiger partial charge is 0.321 e. The summed E-state index contributed by atoms with van der Waals surface area (Å²) >= 11 is 0. The molecule has 1 aromatic heterocycles. The molecule has 1 N–H and O–H groups in total. The van der Waals surface area contributed by atoms with Crippen LogP contribution in [0.3, 0.4) is 0 Å². The minimum absolute atomic E-state index is 0.212. The molecule has 8 heteroatoms. The molecule has 6 nitrogen and oxygen atoms in total. The highest BCUT2D eigenvalue weighted by molar-refractivity contribution is 5.89. The molecule has 31 heavy (non-hydrogen) atoms. The van der Waals surface area contributed by atoms with Crippen LogP contribution in [0.4, 0.5) is 19.3 Å². The van der Waals surface area contributed by atoms with E-state index in [1.807, 2.05) is 0 Å². The van der Waals surface area contributed by atoms with Crippen molar-refractivity contribution in [2.24, 2.45) is 0 Å². The van der Waals surface area contributed by atoms with Gasteiger partial charge in [0.25, 0.3) is 0 Å². The summed E-state index contributed by atoms with van der Waals surface area (Å²) in [7, 11) is 0. The first-order valence-electron chi connectivity index (χ1n) is 9.82. The zero-order chi connectivity index (χ0) is 21.6. The Bertz CT molecular complexity index is 1080. The molecule has 1 aliphatic heterocycles. The van der Waals surface area contributed by atoms with E-state index in [-0.39, 0.29) is 17.6 Å². The first-order chi connectivity index (χ1) is 15.1. The van der Waals surface area contributed by atoms with Gasteiger partial charge in [-0.1, -0.05) is 11.6 Å². The summed E-state index contributed by atoms with van der Waals surface area (Å²) in [5.41, 5.74) is 1.85. The number of nitrogens with zero attached hydrogens (tertiary/aromatic N) is 3. The second-order valence-corrected chi connectivity index (χ2v) is 7.04. The maximum absolute atomic E-state index is 13.8. The number of rotatable bonds is 4. The number of halogens is 2. The number of carbonyl (C=O) groups excluding carboxylic acids is 1. The molecule has 0 bridgehead atoms. The number of aromatic nitrogens is 2. The highest BCUT2D eigenvalue weighted by Crippen LogP contribution is 2.23. The molecular formula is C23H20F2N4O2. The number of carbonyl (C=O) groups is 1. The van der Waals surface area contributed by atoms with Crippen molar-refractivity contribution in [1.82, 2.24) is 14.9 Å². The van der Waals surface area contributed by atoms with Crippen LogP contribution in [-0.2, 0) is 0 Å². The molecule has 1 aliphatic rings. The number of nitrogens with one attached hydrogen (secondary N) is 1. The summed E-state index contributed by atoms with van der Waals surface area (Å²) in [6, 6.07) is 12.0. The van der Waals surface area contributed by atoms with E-state index >= 15 is 0 Å². The van der Waals surface area contributed by atoms with Gasteiger partial charge in [0.05, 0.1) is 0 Å². The van der Waals surface area contributed by atoms with Crippen molar-refractivity contribution in [3.05, 3.63) is 83.7 Å². The van der Waals surface area contributed by atoms with Crippen LogP contribution in [0.1, 0.15) is 18.4 Å². The number of piperidine rings is 1. The fourth-order valence-corrected chi connectivity index (χ4v) is 3.24. The van der Waals surface area contributed by atoms with Gasteiger partial charge >= 0.3 is 12.0 Å². The molecule has 1 fully saturated rings. The van der Waals surface area contributed by atoms with Crippen LogP contribution in [-0.4, -0.2) is 34.0 Å². The lowest BCUT2D eigenvalue weighted by molar-refractivity contribution is 0.208. The van der Waals surface area contributed by atoms with E-state index in [1.54, 1.807) is 53.7 Å². The Kier molecular flexibility index (Phi) is 6.16. The molecule has 2 heterocycles. The Balaban J connectivity index is 1.31. The van der Waals surface area contributed by atoms with Crippen LogP contribution >= 0.6 is 0 Å². The Morgan fingerprint density at radius 2 is 1.74 bits per heavy atom. The van der Waals surface area contributed by atoms with Crippen molar-refractivity contribution in [2.45, 2.75) is 12.8 Å². The zero-order valence-corrected chi connectivity index (χ0v) is 16.6. The fraction of sp³-hybridized carbons (Fsp3) is 0.174. The molecule has 2 amide bonds. The fourth-order valence-electron chi connectivity index (χ4n) is 3.24. The van der Waals surface area contributed by atoms with Crippen molar-refractivity contribution in [3.8, 4) is 11.8 Å². The number of hydrogen-bond acceptors (Lipinski definition) is 4. The van der Waals surface area contributed by atoms with E-state index < -0.39 is 11.6 Å². The molecule has 0 unspecified atom stereocenters. The third-order valence-corrected chi connectivity index (χ3v) is 4.87. The lowest BCUT2D eigenvalue weighted by Gasteiger charge is -2.28.